The third kappa shape index (κ3) is 1.83. The molecule has 13 heavy (non-hydrogen) atoms. The lowest BCUT2D eigenvalue weighted by molar-refractivity contribution is -0.144. The van der Waals surface area contributed by atoms with E-state index >= 15 is 0 Å². The Morgan fingerprint density at radius 1 is 1.46 bits per heavy atom. The van der Waals surface area contributed by atoms with Gasteiger partial charge in [-0.1, -0.05) is 0 Å². The molecule has 0 amide bonds. The quantitative estimate of drug-likeness (QED) is 0.519. The van der Waals surface area contributed by atoms with Gasteiger partial charge in [0.05, 0.1) is 6.61 Å². The Morgan fingerprint density at radius 3 is 2.62 bits per heavy atom. The monoisotopic (exact) mass is 202 g/mol. The summed E-state index contributed by atoms with van der Waals surface area (Å²) in [5.74, 6) is 0.626. The van der Waals surface area contributed by atoms with Gasteiger partial charge in [-0.15, -0.1) is 11.6 Å². The average Bonchev–Trinajstić information content (AvgIpc) is 2.74. The zero-order valence-electron chi connectivity index (χ0n) is 7.72. The Hall–Kier alpha value is -0.240. The molecule has 2 aliphatic carbocycles. The second-order valence-corrected chi connectivity index (χ2v) is 4.71. The molecule has 0 unspecified atom stereocenters. The molecule has 0 heterocycles. The maximum atomic E-state index is 10.9. The zero-order valence-corrected chi connectivity index (χ0v) is 8.48. The molecular weight excluding hydrogens is 188 g/mol. The van der Waals surface area contributed by atoms with Crippen molar-refractivity contribution in [1.29, 1.82) is 0 Å². The van der Waals surface area contributed by atoms with Crippen LogP contribution in [0.3, 0.4) is 0 Å². The van der Waals surface area contributed by atoms with Crippen LogP contribution in [0, 0.1) is 11.3 Å². The Bertz CT molecular complexity index is 207. The van der Waals surface area contributed by atoms with Gasteiger partial charge in [-0.3, -0.25) is 4.79 Å². The lowest BCUT2D eigenvalue weighted by atomic mass is 9.85. The molecule has 2 bridgehead atoms. The van der Waals surface area contributed by atoms with Crippen molar-refractivity contribution in [2.24, 2.45) is 11.3 Å². The number of esters is 1. The van der Waals surface area contributed by atoms with E-state index in [1.165, 1.54) is 32.1 Å². The van der Waals surface area contributed by atoms with Gasteiger partial charge in [0.25, 0.3) is 0 Å². The third-order valence-corrected chi connectivity index (χ3v) is 3.75. The first-order chi connectivity index (χ1) is 6.24. The van der Waals surface area contributed by atoms with E-state index in [1.807, 2.05) is 0 Å². The van der Waals surface area contributed by atoms with Crippen LogP contribution >= 0.6 is 11.6 Å². The van der Waals surface area contributed by atoms with Crippen LogP contribution in [-0.4, -0.2) is 18.5 Å². The van der Waals surface area contributed by atoms with Gasteiger partial charge < -0.3 is 4.74 Å². The first-order valence-corrected chi connectivity index (χ1v) is 5.49. The van der Waals surface area contributed by atoms with Crippen LogP contribution in [0.5, 0.6) is 0 Å². The van der Waals surface area contributed by atoms with Crippen LogP contribution in [0.15, 0.2) is 0 Å². The molecule has 2 fully saturated rings. The fraction of sp³-hybridized carbons (Fsp3) is 0.900. The average molecular weight is 203 g/mol. The van der Waals surface area contributed by atoms with Crippen LogP contribution in [-0.2, 0) is 9.53 Å². The normalized spacial score (nSPS) is 36.5. The molecule has 0 aliphatic heterocycles. The highest BCUT2D eigenvalue weighted by molar-refractivity contribution is 6.26. The number of carbonyl (C=O) groups is 1. The van der Waals surface area contributed by atoms with Gasteiger partial charge >= 0.3 is 5.97 Å². The summed E-state index contributed by atoms with van der Waals surface area (Å²) >= 11 is 5.36. The SMILES string of the molecule is O=C(CCl)OCC12CCC(CC1)C2. The van der Waals surface area contributed by atoms with E-state index < -0.39 is 0 Å². The van der Waals surface area contributed by atoms with E-state index in [1.54, 1.807) is 0 Å². The van der Waals surface area contributed by atoms with Crippen molar-refractivity contribution in [1.82, 2.24) is 0 Å². The minimum Gasteiger partial charge on any atom is -0.464 e. The highest BCUT2D eigenvalue weighted by Crippen LogP contribution is 2.54. The second kappa shape index (κ2) is 3.49. The number of hydrogen-bond donors (Lipinski definition) is 0. The van der Waals surface area contributed by atoms with Crippen molar-refractivity contribution in [3.8, 4) is 0 Å². The molecule has 2 rings (SSSR count). The van der Waals surface area contributed by atoms with E-state index in [2.05, 4.69) is 0 Å². The smallest absolute Gasteiger partial charge is 0.320 e. The van der Waals surface area contributed by atoms with Crippen molar-refractivity contribution >= 4 is 17.6 Å². The summed E-state index contributed by atoms with van der Waals surface area (Å²) < 4.78 is 5.13. The van der Waals surface area contributed by atoms with Crippen molar-refractivity contribution in [3.05, 3.63) is 0 Å². The fourth-order valence-electron chi connectivity index (χ4n) is 2.79. The summed E-state index contributed by atoms with van der Waals surface area (Å²) in [6.45, 7) is 0.606. The van der Waals surface area contributed by atoms with Crippen LogP contribution in [0.25, 0.3) is 0 Å². The second-order valence-electron chi connectivity index (χ2n) is 4.44. The molecule has 0 saturated heterocycles. The topological polar surface area (TPSA) is 26.3 Å². The maximum absolute atomic E-state index is 10.9. The van der Waals surface area contributed by atoms with Gasteiger partial charge in [0.2, 0.25) is 0 Å². The van der Waals surface area contributed by atoms with Crippen molar-refractivity contribution < 1.29 is 9.53 Å². The number of carbonyl (C=O) groups excluding carboxylic acids is 1. The Kier molecular flexibility index (Phi) is 2.50. The van der Waals surface area contributed by atoms with Crippen molar-refractivity contribution in [2.75, 3.05) is 12.5 Å². The maximum Gasteiger partial charge on any atom is 0.320 e. The van der Waals surface area contributed by atoms with Gasteiger partial charge in [0.15, 0.2) is 0 Å². The van der Waals surface area contributed by atoms with E-state index in [0.717, 1.165) is 5.92 Å². The summed E-state index contributed by atoms with van der Waals surface area (Å²) in [5, 5.41) is 0. The van der Waals surface area contributed by atoms with Crippen molar-refractivity contribution in [2.45, 2.75) is 32.1 Å². The van der Waals surface area contributed by atoms with Crippen LogP contribution in [0.2, 0.25) is 0 Å². The summed E-state index contributed by atoms with van der Waals surface area (Å²) in [6, 6.07) is 0. The Balaban J connectivity index is 1.84. The summed E-state index contributed by atoms with van der Waals surface area (Å²) in [5.41, 5.74) is 0.340. The molecule has 0 aromatic heterocycles. The standard InChI is InChI=1S/C10H15ClO2/c11-6-9(12)13-7-10-3-1-8(5-10)2-4-10/h8H,1-7H2. The lowest BCUT2D eigenvalue weighted by Crippen LogP contribution is -2.24. The van der Waals surface area contributed by atoms with Gasteiger partial charge in [0.1, 0.15) is 5.88 Å². The molecule has 2 aliphatic rings. The zero-order chi connectivity index (χ0) is 9.31. The van der Waals surface area contributed by atoms with Crippen LogP contribution < -0.4 is 0 Å². The molecule has 0 radical (unpaired) electrons. The third-order valence-electron chi connectivity index (χ3n) is 3.54. The van der Waals surface area contributed by atoms with Crippen LogP contribution in [0.1, 0.15) is 32.1 Å². The van der Waals surface area contributed by atoms with E-state index in [9.17, 15) is 4.79 Å². The highest BCUT2D eigenvalue weighted by Gasteiger charge is 2.45. The van der Waals surface area contributed by atoms with Gasteiger partial charge in [-0.05, 0) is 38.0 Å². The number of alkyl halides is 1. The van der Waals surface area contributed by atoms with E-state index in [4.69, 9.17) is 16.3 Å². The van der Waals surface area contributed by atoms with E-state index in [-0.39, 0.29) is 11.8 Å². The number of ether oxygens (including phenoxy) is 1. The molecule has 0 spiro atoms. The molecule has 0 aromatic rings. The minimum atomic E-state index is -0.272. The molecule has 0 aromatic carbocycles. The number of halogens is 1. The summed E-state index contributed by atoms with van der Waals surface area (Å²) in [4.78, 5) is 10.9. The fourth-order valence-corrected chi connectivity index (χ4v) is 2.86. The molecule has 3 heteroatoms. The van der Waals surface area contributed by atoms with Crippen molar-refractivity contribution in [3.63, 3.8) is 0 Å². The largest absolute Gasteiger partial charge is 0.464 e. The predicted octanol–water partition coefficient (Wildman–Crippen LogP) is 2.35. The van der Waals surface area contributed by atoms with Gasteiger partial charge in [0, 0.05) is 5.41 Å². The van der Waals surface area contributed by atoms with E-state index in [0.29, 0.717) is 12.0 Å². The molecule has 0 atom stereocenters. The molecule has 2 nitrogen and oxygen atoms in total. The first kappa shape index (κ1) is 9.32. The summed E-state index contributed by atoms with van der Waals surface area (Å²) in [7, 11) is 0. The molecule has 0 N–H and O–H groups in total. The highest BCUT2D eigenvalue weighted by atomic mass is 35.5. The minimum absolute atomic E-state index is 0.0144. The number of fused-ring (bicyclic) bond motifs is 2. The van der Waals surface area contributed by atoms with Crippen LogP contribution in [0.4, 0.5) is 0 Å². The van der Waals surface area contributed by atoms with Gasteiger partial charge in [-0.25, -0.2) is 0 Å². The molecule has 2 saturated carbocycles. The van der Waals surface area contributed by atoms with Gasteiger partial charge in [-0.2, -0.15) is 0 Å². The molecule has 74 valence electrons. The predicted molar refractivity (Wildman–Crippen MR) is 50.7 cm³/mol. The lowest BCUT2D eigenvalue weighted by Gasteiger charge is -2.25. The Labute approximate surface area is 83.6 Å². The summed E-state index contributed by atoms with van der Waals surface area (Å²) in [6.07, 6.45) is 6.42. The molecular formula is C10H15ClO2. The Morgan fingerprint density at radius 2 is 2.15 bits per heavy atom. The number of rotatable bonds is 3. The first-order valence-electron chi connectivity index (χ1n) is 4.96. The number of hydrogen-bond acceptors (Lipinski definition) is 2.